The first-order chi connectivity index (χ1) is 12.7. The Hall–Kier alpha value is -2.49. The van der Waals surface area contributed by atoms with E-state index >= 15 is 0 Å². The predicted octanol–water partition coefficient (Wildman–Crippen LogP) is 3.26. The van der Waals surface area contributed by atoms with Gasteiger partial charge in [0.25, 0.3) is 5.69 Å². The number of nitrogens with one attached hydrogen (secondary N) is 1. The fourth-order valence-electron chi connectivity index (χ4n) is 2.33. The smallest absolute Gasteiger partial charge is 0.269 e. The number of nitro benzene ring substituents is 1. The van der Waals surface area contributed by atoms with Crippen molar-refractivity contribution in [2.24, 2.45) is 0 Å². The standard InChI is InChI=1S/C17H18N6O2S.ClH/c24-23(25)16-9-7-14(8-10-16)13-18-11-4-12-26-17-19-20-21-22(17)15-5-2-1-3-6-15;/h1-3,5-10,18H,4,11-13H2;1H. The van der Waals surface area contributed by atoms with Crippen LogP contribution in [0.1, 0.15) is 12.0 Å². The first-order valence-electron chi connectivity index (χ1n) is 8.15. The van der Waals surface area contributed by atoms with E-state index in [2.05, 4.69) is 20.8 Å². The molecule has 10 heteroatoms. The van der Waals surface area contributed by atoms with Crippen LogP contribution in [0, 0.1) is 10.1 Å². The van der Waals surface area contributed by atoms with Gasteiger partial charge in [-0.3, -0.25) is 10.1 Å². The Balaban J connectivity index is 0.00000261. The third-order valence-electron chi connectivity index (χ3n) is 3.65. The molecule has 0 fully saturated rings. The summed E-state index contributed by atoms with van der Waals surface area (Å²) in [7, 11) is 0. The Morgan fingerprint density at radius 2 is 1.85 bits per heavy atom. The maximum Gasteiger partial charge on any atom is 0.269 e. The van der Waals surface area contributed by atoms with E-state index in [-0.39, 0.29) is 18.1 Å². The highest BCUT2D eigenvalue weighted by Gasteiger charge is 2.08. The van der Waals surface area contributed by atoms with Crippen LogP contribution in [-0.2, 0) is 6.54 Å². The molecule has 0 unspecified atom stereocenters. The van der Waals surface area contributed by atoms with Crippen LogP contribution in [0.25, 0.3) is 5.69 Å². The van der Waals surface area contributed by atoms with Crippen molar-refractivity contribution in [1.82, 2.24) is 25.5 Å². The number of rotatable bonds is 9. The lowest BCUT2D eigenvalue weighted by Crippen LogP contribution is -2.15. The molecule has 8 nitrogen and oxygen atoms in total. The van der Waals surface area contributed by atoms with Crippen LogP contribution in [0.4, 0.5) is 5.69 Å². The van der Waals surface area contributed by atoms with Gasteiger partial charge in [-0.15, -0.1) is 17.5 Å². The maximum atomic E-state index is 10.6. The van der Waals surface area contributed by atoms with Gasteiger partial charge in [-0.2, -0.15) is 4.68 Å². The zero-order chi connectivity index (χ0) is 18.2. The molecule has 0 aliphatic carbocycles. The van der Waals surface area contributed by atoms with Gasteiger partial charge < -0.3 is 5.32 Å². The average molecular weight is 407 g/mol. The Morgan fingerprint density at radius 1 is 1.11 bits per heavy atom. The number of thioether (sulfide) groups is 1. The van der Waals surface area contributed by atoms with Crippen molar-refractivity contribution in [3.05, 3.63) is 70.3 Å². The number of para-hydroxylation sites is 1. The van der Waals surface area contributed by atoms with Crippen LogP contribution in [0.2, 0.25) is 0 Å². The fourth-order valence-corrected chi connectivity index (χ4v) is 3.16. The minimum absolute atomic E-state index is 0. The summed E-state index contributed by atoms with van der Waals surface area (Å²) >= 11 is 1.61. The van der Waals surface area contributed by atoms with Crippen molar-refractivity contribution >= 4 is 29.9 Å². The van der Waals surface area contributed by atoms with Gasteiger partial charge in [-0.1, -0.05) is 42.1 Å². The molecular formula is C17H19ClN6O2S. The van der Waals surface area contributed by atoms with Crippen molar-refractivity contribution in [3.63, 3.8) is 0 Å². The lowest BCUT2D eigenvalue weighted by molar-refractivity contribution is -0.384. The van der Waals surface area contributed by atoms with Gasteiger partial charge in [0.1, 0.15) is 0 Å². The van der Waals surface area contributed by atoms with E-state index in [9.17, 15) is 10.1 Å². The van der Waals surface area contributed by atoms with Gasteiger partial charge in [0.05, 0.1) is 10.6 Å². The molecule has 0 amide bonds. The maximum absolute atomic E-state index is 10.6. The second-order valence-corrected chi connectivity index (χ2v) is 6.57. The second-order valence-electron chi connectivity index (χ2n) is 5.51. The van der Waals surface area contributed by atoms with Crippen LogP contribution >= 0.6 is 24.2 Å². The molecule has 0 radical (unpaired) electrons. The van der Waals surface area contributed by atoms with Crippen LogP contribution in [-0.4, -0.2) is 37.4 Å². The molecule has 1 heterocycles. The third kappa shape index (κ3) is 6.02. The number of tetrazole rings is 1. The topological polar surface area (TPSA) is 98.8 Å². The van der Waals surface area contributed by atoms with E-state index in [1.165, 1.54) is 12.1 Å². The van der Waals surface area contributed by atoms with Gasteiger partial charge in [0.2, 0.25) is 5.16 Å². The van der Waals surface area contributed by atoms with Crippen molar-refractivity contribution < 1.29 is 4.92 Å². The highest BCUT2D eigenvalue weighted by molar-refractivity contribution is 7.99. The van der Waals surface area contributed by atoms with E-state index in [4.69, 9.17) is 0 Å². The summed E-state index contributed by atoms with van der Waals surface area (Å²) in [6, 6.07) is 16.4. The van der Waals surface area contributed by atoms with Crippen molar-refractivity contribution in [2.45, 2.75) is 18.1 Å². The summed E-state index contributed by atoms with van der Waals surface area (Å²) < 4.78 is 1.73. The second kappa shape index (κ2) is 10.6. The van der Waals surface area contributed by atoms with Crippen molar-refractivity contribution in [2.75, 3.05) is 12.3 Å². The molecule has 0 aliphatic rings. The molecule has 0 spiro atoms. The molecular weight excluding hydrogens is 388 g/mol. The molecule has 1 N–H and O–H groups in total. The summed E-state index contributed by atoms with van der Waals surface area (Å²) in [5.41, 5.74) is 2.08. The summed E-state index contributed by atoms with van der Waals surface area (Å²) in [6.45, 7) is 1.53. The molecule has 0 aliphatic heterocycles. The molecule has 0 saturated heterocycles. The molecule has 0 bridgehead atoms. The van der Waals surface area contributed by atoms with E-state index in [1.54, 1.807) is 28.6 Å². The number of non-ortho nitro benzene ring substituents is 1. The van der Waals surface area contributed by atoms with E-state index in [1.807, 2.05) is 30.3 Å². The molecule has 0 saturated carbocycles. The lowest BCUT2D eigenvalue weighted by Gasteiger charge is -2.06. The minimum Gasteiger partial charge on any atom is -0.313 e. The van der Waals surface area contributed by atoms with Crippen LogP contribution < -0.4 is 5.32 Å². The Kier molecular flexibility index (Phi) is 8.18. The molecule has 2 aromatic carbocycles. The van der Waals surface area contributed by atoms with Crippen molar-refractivity contribution in [1.29, 1.82) is 0 Å². The number of benzene rings is 2. The number of nitro groups is 1. The van der Waals surface area contributed by atoms with Crippen LogP contribution in [0.15, 0.2) is 59.8 Å². The Morgan fingerprint density at radius 3 is 2.56 bits per heavy atom. The predicted molar refractivity (Wildman–Crippen MR) is 107 cm³/mol. The first-order valence-corrected chi connectivity index (χ1v) is 9.13. The Bertz CT molecular complexity index is 844. The summed E-state index contributed by atoms with van der Waals surface area (Å²) in [4.78, 5) is 10.2. The van der Waals surface area contributed by atoms with Crippen LogP contribution in [0.3, 0.4) is 0 Å². The molecule has 3 rings (SSSR count). The Labute approximate surface area is 166 Å². The highest BCUT2D eigenvalue weighted by Crippen LogP contribution is 2.18. The first kappa shape index (κ1) is 20.8. The van der Waals surface area contributed by atoms with E-state index in [0.717, 1.165) is 35.1 Å². The molecule has 27 heavy (non-hydrogen) atoms. The van der Waals surface area contributed by atoms with E-state index in [0.29, 0.717) is 6.54 Å². The van der Waals surface area contributed by atoms with Gasteiger partial charge in [0.15, 0.2) is 0 Å². The largest absolute Gasteiger partial charge is 0.313 e. The average Bonchev–Trinajstić information content (AvgIpc) is 3.14. The van der Waals surface area contributed by atoms with Crippen LogP contribution in [0.5, 0.6) is 0 Å². The van der Waals surface area contributed by atoms with Gasteiger partial charge >= 0.3 is 0 Å². The summed E-state index contributed by atoms with van der Waals surface area (Å²) in [6.07, 6.45) is 0.958. The minimum atomic E-state index is -0.391. The molecule has 1 aromatic heterocycles. The molecule has 3 aromatic rings. The quantitative estimate of drug-likeness (QED) is 0.252. The fraction of sp³-hybridized carbons (Fsp3) is 0.235. The summed E-state index contributed by atoms with van der Waals surface area (Å²) in [5.74, 6) is 0.889. The summed E-state index contributed by atoms with van der Waals surface area (Å²) in [5, 5.41) is 26.6. The van der Waals surface area contributed by atoms with Gasteiger partial charge in [0, 0.05) is 24.4 Å². The van der Waals surface area contributed by atoms with Gasteiger partial charge in [-0.25, -0.2) is 0 Å². The zero-order valence-electron chi connectivity index (χ0n) is 14.4. The van der Waals surface area contributed by atoms with Crippen molar-refractivity contribution in [3.8, 4) is 5.69 Å². The molecule has 0 atom stereocenters. The lowest BCUT2D eigenvalue weighted by atomic mass is 10.2. The molecule has 142 valence electrons. The monoisotopic (exact) mass is 406 g/mol. The SMILES string of the molecule is Cl.O=[N+]([O-])c1ccc(CNCCCSc2nnnn2-c2ccccc2)cc1. The number of hydrogen-bond acceptors (Lipinski definition) is 7. The number of hydrogen-bond donors (Lipinski definition) is 1. The zero-order valence-corrected chi connectivity index (χ0v) is 16.0. The third-order valence-corrected chi connectivity index (χ3v) is 4.65. The number of aromatic nitrogens is 4. The number of nitrogens with zero attached hydrogens (tertiary/aromatic N) is 5. The normalized spacial score (nSPS) is 10.4. The number of halogens is 1. The van der Waals surface area contributed by atoms with Gasteiger partial charge in [-0.05, 0) is 41.1 Å². The van der Waals surface area contributed by atoms with E-state index < -0.39 is 4.92 Å². The highest BCUT2D eigenvalue weighted by atomic mass is 35.5.